The Bertz CT molecular complexity index is 1820. The summed E-state index contributed by atoms with van der Waals surface area (Å²) in [5.74, 6) is 0. The molecule has 334 valence electrons. The maximum Gasteiger partial charge on any atom is 1.00 e. The van der Waals surface area contributed by atoms with Crippen molar-refractivity contribution in [3.05, 3.63) is 182 Å². The SMILES string of the molecule is C.CO[Si](C)(C)C.C[O-].C[Si-](c1ccccc1)c1ccccc1.C[SiH](C)C[Si](C)(c1ccccc1)c1ccccc1.C[Si](C)(C)Cl.C[Si](C)(c1ccccc1)c1ccccc1.[H-].[Li+].[Li+].[Li+]. The number of hydrogen-bond donors (Lipinski definition) is 0. The Morgan fingerprint density at radius 2 is 0.688 bits per heavy atom. The van der Waals surface area contributed by atoms with Crippen LogP contribution < -0.4 is 92.8 Å². The Morgan fingerprint density at radius 1 is 0.484 bits per heavy atom. The van der Waals surface area contributed by atoms with Gasteiger partial charge in [-0.25, -0.2) is 0 Å². The molecule has 0 unspecified atom stereocenters. The Kier molecular flexibility index (Phi) is 39.6. The smallest absolute Gasteiger partial charge is 1.00 e. The molecule has 0 aliphatic heterocycles. The summed E-state index contributed by atoms with van der Waals surface area (Å²) in [4.78, 5) is 0. The van der Waals surface area contributed by atoms with Crippen molar-refractivity contribution in [3.8, 4) is 0 Å². The van der Waals surface area contributed by atoms with Gasteiger partial charge in [-0.15, -0.1) is 0 Å². The monoisotopic (exact) mass is 960 g/mol. The summed E-state index contributed by atoms with van der Waals surface area (Å²) in [6, 6.07) is 65.5. The van der Waals surface area contributed by atoms with Gasteiger partial charge < -0.3 is 11.0 Å². The second-order valence-electron chi connectivity index (χ2n) is 17.8. The molecule has 0 heterocycles. The van der Waals surface area contributed by atoms with Crippen molar-refractivity contribution in [2.24, 2.45) is 0 Å². The third kappa shape index (κ3) is 28.7. The molecular formula is C52H80ClLi3O2Si6. The minimum atomic E-state index is -1.50. The fourth-order valence-electron chi connectivity index (χ4n) is 6.25. The first kappa shape index (κ1) is 69.2. The summed E-state index contributed by atoms with van der Waals surface area (Å²) in [5.41, 5.74) is 1.45. The van der Waals surface area contributed by atoms with Gasteiger partial charge in [0.2, 0.25) is 0 Å². The molecule has 0 aromatic heterocycles. The van der Waals surface area contributed by atoms with Gasteiger partial charge in [-0.2, -0.15) is 35.1 Å². The summed E-state index contributed by atoms with van der Waals surface area (Å²) in [7, 11) is -3.83. The third-order valence-corrected chi connectivity index (χ3v) is 26.6. The molecule has 2 nitrogen and oxygen atoms in total. The topological polar surface area (TPSA) is 32.3 Å². The first-order valence-corrected chi connectivity index (χ1v) is 39.8. The molecule has 0 amide bonds. The maximum absolute atomic E-state index is 8.25. The van der Waals surface area contributed by atoms with Crippen LogP contribution in [0.15, 0.2) is 182 Å². The summed E-state index contributed by atoms with van der Waals surface area (Å²) in [6.07, 6.45) is 0. The van der Waals surface area contributed by atoms with Crippen LogP contribution in [0.4, 0.5) is 0 Å². The number of hydrogen-bond acceptors (Lipinski definition) is 2. The minimum absolute atomic E-state index is 0. The zero-order valence-electron chi connectivity index (χ0n) is 43.3. The van der Waals surface area contributed by atoms with Crippen LogP contribution in [0.25, 0.3) is 0 Å². The standard InChI is InChI=1S/C16H22Si2.C14H16Si.C13H13Si.C4H12OSi.C3H9ClSi.CH3O.CH4.3Li.H/c1-17(2)14-18(3,15-10-6-4-7-11-15)16-12-8-5-9-13-16;1-15(2,13-9-5-3-6-10-13)14-11-7-4-8-12-14;1-14(12-8-4-2-5-9-12)13-10-6-3-7-11-13;1-5-6(2,3)4;1-5(2,3)4;1-2;;;;;/h4-13,17H,14H2,1-3H3;3-12H,1-2H3;2-11H,1H3;1-4H3;1-3H3;1H3;1H4;;;;/q;;-1;;;-1;;3*+1;-1. The molecule has 6 aromatic rings. The molecule has 0 atom stereocenters. The molecule has 12 heteroatoms. The van der Waals surface area contributed by atoms with Gasteiger partial charge in [0.05, 0.1) is 0 Å². The summed E-state index contributed by atoms with van der Waals surface area (Å²) in [5, 5.41) is 17.4. The molecular weight excluding hydrogens is 881 g/mol. The molecule has 6 aromatic carbocycles. The van der Waals surface area contributed by atoms with E-state index in [4.69, 9.17) is 20.6 Å². The van der Waals surface area contributed by atoms with E-state index in [1.54, 1.807) is 17.5 Å². The first-order valence-electron chi connectivity index (χ1n) is 21.1. The molecule has 0 spiro atoms. The van der Waals surface area contributed by atoms with E-state index in [2.05, 4.69) is 261 Å². The number of benzene rings is 6. The molecule has 0 N–H and O–H groups in total. The normalized spacial score (nSPS) is 10.3. The van der Waals surface area contributed by atoms with Crippen molar-refractivity contribution in [3.63, 3.8) is 0 Å². The molecule has 0 bridgehead atoms. The Hall–Kier alpha value is -1.38. The van der Waals surface area contributed by atoms with E-state index in [-0.39, 0.29) is 65.4 Å². The van der Waals surface area contributed by atoms with Crippen LogP contribution in [0.5, 0.6) is 0 Å². The maximum atomic E-state index is 8.25. The largest absolute Gasteiger partial charge is 1.00 e. The molecule has 0 aliphatic carbocycles. The van der Waals surface area contributed by atoms with Crippen molar-refractivity contribution >= 4 is 91.6 Å². The van der Waals surface area contributed by atoms with Gasteiger partial charge >= 0.3 is 56.6 Å². The van der Waals surface area contributed by atoms with Gasteiger partial charge in [0.25, 0.3) is 0 Å². The van der Waals surface area contributed by atoms with Crippen molar-refractivity contribution in [2.45, 2.75) is 91.7 Å². The predicted octanol–water partition coefficient (Wildman–Crippen LogP) is 1.60. The second kappa shape index (κ2) is 36.6. The summed E-state index contributed by atoms with van der Waals surface area (Å²) in [6.45, 7) is 27.4. The van der Waals surface area contributed by atoms with E-state index in [0.29, 0.717) is 0 Å². The van der Waals surface area contributed by atoms with Crippen molar-refractivity contribution in [2.75, 3.05) is 14.2 Å². The summed E-state index contributed by atoms with van der Waals surface area (Å²) < 4.78 is 5.08. The van der Waals surface area contributed by atoms with Crippen LogP contribution in [0.2, 0.25) is 84.2 Å². The number of halogens is 1. The van der Waals surface area contributed by atoms with Crippen LogP contribution in [0.3, 0.4) is 0 Å². The van der Waals surface area contributed by atoms with Crippen molar-refractivity contribution in [1.82, 2.24) is 0 Å². The fourth-order valence-corrected chi connectivity index (χ4v) is 21.0. The molecule has 0 radical (unpaired) electrons. The van der Waals surface area contributed by atoms with Crippen LogP contribution in [-0.4, -0.2) is 63.7 Å². The molecule has 0 saturated heterocycles. The van der Waals surface area contributed by atoms with E-state index >= 15 is 0 Å². The van der Waals surface area contributed by atoms with E-state index < -0.39 is 49.4 Å². The summed E-state index contributed by atoms with van der Waals surface area (Å²) >= 11 is 5.67. The number of rotatable bonds is 9. The first-order chi connectivity index (χ1) is 28.3. The fraction of sp³-hybridized carbons (Fsp3) is 0.308. The zero-order chi connectivity index (χ0) is 45.2. The average molecular weight is 962 g/mol. The molecule has 0 fully saturated rings. The Labute approximate surface area is 442 Å². The van der Waals surface area contributed by atoms with Crippen LogP contribution in [0, 0.1) is 0 Å². The van der Waals surface area contributed by atoms with Gasteiger partial charge in [0.1, 0.15) is 23.5 Å². The zero-order valence-corrected chi connectivity index (χ0v) is 49.2. The minimum Gasteiger partial charge on any atom is -1.00 e. The molecule has 64 heavy (non-hydrogen) atoms. The quantitative estimate of drug-likeness (QED) is 0.163. The van der Waals surface area contributed by atoms with Crippen LogP contribution >= 0.6 is 11.1 Å². The van der Waals surface area contributed by atoms with Crippen LogP contribution in [0.1, 0.15) is 8.85 Å². The van der Waals surface area contributed by atoms with E-state index in [9.17, 15) is 0 Å². The molecule has 0 saturated carbocycles. The van der Waals surface area contributed by atoms with Gasteiger partial charge in [-0.05, 0) is 19.6 Å². The third-order valence-electron chi connectivity index (χ3n) is 9.66. The van der Waals surface area contributed by atoms with Crippen LogP contribution in [-0.2, 0) is 4.43 Å². The van der Waals surface area contributed by atoms with Crippen molar-refractivity contribution in [1.29, 1.82) is 0 Å². The van der Waals surface area contributed by atoms with Gasteiger partial charge in [0.15, 0.2) is 8.32 Å². The second-order valence-corrected chi connectivity index (χ2v) is 45.0. The predicted molar refractivity (Wildman–Crippen MR) is 294 cm³/mol. The van der Waals surface area contributed by atoms with E-state index in [1.807, 2.05) is 0 Å². The van der Waals surface area contributed by atoms with E-state index in [0.717, 1.165) is 7.11 Å². The van der Waals surface area contributed by atoms with Gasteiger partial charge in [0, 0.05) is 15.9 Å². The molecule has 0 aliphatic rings. The Balaban J connectivity index is -0.000000237. The van der Waals surface area contributed by atoms with Gasteiger partial charge in [-0.3, -0.25) is 8.80 Å². The van der Waals surface area contributed by atoms with Gasteiger partial charge in [-0.1, -0.05) is 268 Å². The average Bonchev–Trinajstić information content (AvgIpc) is 3.25. The van der Waals surface area contributed by atoms with Crippen molar-refractivity contribution < 1.29 is 67.5 Å². The molecule has 6 rings (SSSR count). The Morgan fingerprint density at radius 3 is 0.891 bits per heavy atom. The van der Waals surface area contributed by atoms with E-state index in [1.165, 1.54) is 26.4 Å².